The normalized spacial score (nSPS) is 11.1. The Balaban J connectivity index is 2.41. The smallest absolute Gasteiger partial charge is 0.260 e. The third kappa shape index (κ3) is 1.29. The molecule has 0 spiro atoms. The van der Waals surface area contributed by atoms with Gasteiger partial charge in [0.1, 0.15) is 16.4 Å². The first-order chi connectivity index (χ1) is 7.75. The molecule has 0 aliphatic heterocycles. The quantitative estimate of drug-likeness (QED) is 0.701. The molecule has 16 heavy (non-hydrogen) atoms. The summed E-state index contributed by atoms with van der Waals surface area (Å²) in [5.41, 5.74) is 0.689. The van der Waals surface area contributed by atoms with Crippen LogP contribution in [0.3, 0.4) is 0 Å². The Morgan fingerprint density at radius 2 is 2.38 bits per heavy atom. The summed E-state index contributed by atoms with van der Waals surface area (Å²) in [4.78, 5) is 19.6. The molecule has 0 aliphatic rings. The molecule has 4 nitrogen and oxygen atoms in total. The van der Waals surface area contributed by atoms with Crippen LogP contribution in [0.4, 0.5) is 0 Å². The van der Waals surface area contributed by atoms with Gasteiger partial charge in [0.05, 0.1) is 11.6 Å². The minimum Gasteiger partial charge on any atom is -0.464 e. The highest BCUT2D eigenvalue weighted by Gasteiger charge is 2.13. The molecule has 0 radical (unpaired) electrons. The van der Waals surface area contributed by atoms with Crippen molar-refractivity contribution in [3.8, 4) is 11.3 Å². The van der Waals surface area contributed by atoms with Gasteiger partial charge in [-0.25, -0.2) is 4.98 Å². The summed E-state index contributed by atoms with van der Waals surface area (Å²) in [5.74, 6) is 1.33. The maximum atomic E-state index is 11.8. The van der Waals surface area contributed by atoms with Gasteiger partial charge in [-0.15, -0.1) is 11.3 Å². The first-order valence-corrected chi connectivity index (χ1v) is 5.65. The fourth-order valence-electron chi connectivity index (χ4n) is 1.67. The summed E-state index contributed by atoms with van der Waals surface area (Å²) >= 11 is 1.45. The molecule has 5 heteroatoms. The van der Waals surface area contributed by atoms with Crippen molar-refractivity contribution in [3.63, 3.8) is 0 Å². The number of thiophene rings is 1. The SMILES string of the molecule is Cc1nc2scc(-c3ccco3)c2c(=O)[nH]1. The van der Waals surface area contributed by atoms with Gasteiger partial charge in [0.15, 0.2) is 0 Å². The van der Waals surface area contributed by atoms with Crippen molar-refractivity contribution in [2.24, 2.45) is 0 Å². The van der Waals surface area contributed by atoms with Gasteiger partial charge in [0.2, 0.25) is 0 Å². The molecule has 3 heterocycles. The Morgan fingerprint density at radius 3 is 3.12 bits per heavy atom. The maximum Gasteiger partial charge on any atom is 0.260 e. The van der Waals surface area contributed by atoms with Gasteiger partial charge in [-0.05, 0) is 19.1 Å². The van der Waals surface area contributed by atoms with Crippen molar-refractivity contribution < 1.29 is 4.42 Å². The Hall–Kier alpha value is -1.88. The van der Waals surface area contributed by atoms with Gasteiger partial charge in [0, 0.05) is 10.9 Å². The molecule has 3 aromatic heterocycles. The summed E-state index contributed by atoms with van der Waals surface area (Å²) in [6, 6.07) is 3.63. The number of aryl methyl sites for hydroxylation is 1. The number of nitrogens with one attached hydrogen (secondary N) is 1. The molecule has 3 rings (SSSR count). The lowest BCUT2D eigenvalue weighted by Gasteiger charge is -1.95. The van der Waals surface area contributed by atoms with E-state index in [-0.39, 0.29) is 5.56 Å². The lowest BCUT2D eigenvalue weighted by Crippen LogP contribution is -2.08. The maximum absolute atomic E-state index is 11.8. The molecule has 0 bridgehead atoms. The van der Waals surface area contributed by atoms with Gasteiger partial charge in [-0.2, -0.15) is 0 Å². The monoisotopic (exact) mass is 232 g/mol. The average molecular weight is 232 g/mol. The molecule has 0 atom stereocenters. The molecule has 3 aromatic rings. The highest BCUT2D eigenvalue weighted by Crippen LogP contribution is 2.30. The van der Waals surface area contributed by atoms with Crippen LogP contribution in [-0.4, -0.2) is 9.97 Å². The van der Waals surface area contributed by atoms with Crippen LogP contribution in [0.1, 0.15) is 5.82 Å². The Morgan fingerprint density at radius 1 is 1.50 bits per heavy atom. The minimum atomic E-state index is -0.116. The predicted molar refractivity (Wildman–Crippen MR) is 62.7 cm³/mol. The number of aromatic nitrogens is 2. The zero-order valence-corrected chi connectivity index (χ0v) is 9.30. The second-order valence-corrected chi connectivity index (χ2v) is 4.32. The van der Waals surface area contributed by atoms with E-state index in [4.69, 9.17) is 4.42 Å². The number of fused-ring (bicyclic) bond motifs is 1. The zero-order chi connectivity index (χ0) is 11.1. The zero-order valence-electron chi connectivity index (χ0n) is 8.48. The first kappa shape index (κ1) is 9.35. The fourth-order valence-corrected chi connectivity index (χ4v) is 2.64. The fraction of sp³-hybridized carbons (Fsp3) is 0.0909. The molecule has 80 valence electrons. The van der Waals surface area contributed by atoms with E-state index >= 15 is 0 Å². The highest BCUT2D eigenvalue weighted by atomic mass is 32.1. The van der Waals surface area contributed by atoms with E-state index in [0.29, 0.717) is 17.0 Å². The van der Waals surface area contributed by atoms with Crippen LogP contribution in [0, 0.1) is 6.92 Å². The molecule has 0 saturated carbocycles. The third-order valence-corrected chi connectivity index (χ3v) is 3.22. The van der Waals surface area contributed by atoms with Gasteiger partial charge in [-0.1, -0.05) is 0 Å². The van der Waals surface area contributed by atoms with Crippen LogP contribution in [0.2, 0.25) is 0 Å². The second kappa shape index (κ2) is 3.31. The average Bonchev–Trinajstić information content (AvgIpc) is 2.82. The lowest BCUT2D eigenvalue weighted by molar-refractivity contribution is 0.583. The molecule has 0 saturated heterocycles. The van der Waals surface area contributed by atoms with E-state index in [2.05, 4.69) is 9.97 Å². The van der Waals surface area contributed by atoms with Crippen molar-refractivity contribution in [1.82, 2.24) is 9.97 Å². The van der Waals surface area contributed by atoms with Gasteiger partial charge in [-0.3, -0.25) is 4.79 Å². The minimum absolute atomic E-state index is 0.116. The first-order valence-electron chi connectivity index (χ1n) is 4.78. The summed E-state index contributed by atoms with van der Waals surface area (Å²) < 4.78 is 5.30. The van der Waals surface area contributed by atoms with E-state index in [1.807, 2.05) is 11.4 Å². The van der Waals surface area contributed by atoms with Crippen LogP contribution in [0.5, 0.6) is 0 Å². The number of hydrogen-bond acceptors (Lipinski definition) is 4. The highest BCUT2D eigenvalue weighted by molar-refractivity contribution is 7.17. The predicted octanol–water partition coefficient (Wildman–Crippen LogP) is 2.55. The lowest BCUT2D eigenvalue weighted by atomic mass is 10.2. The standard InChI is InChI=1S/C11H8N2O2S/c1-6-12-10(14)9-7(5-16-11(9)13-6)8-3-2-4-15-8/h2-5H,1H3,(H,12,13,14). The van der Waals surface area contributed by atoms with Gasteiger partial charge in [0.25, 0.3) is 5.56 Å². The van der Waals surface area contributed by atoms with Crippen molar-refractivity contribution in [1.29, 1.82) is 0 Å². The van der Waals surface area contributed by atoms with E-state index in [1.165, 1.54) is 11.3 Å². The molecule has 1 N–H and O–H groups in total. The molecule has 0 aliphatic carbocycles. The molecular formula is C11H8N2O2S. The summed E-state index contributed by atoms with van der Waals surface area (Å²) in [7, 11) is 0. The van der Waals surface area contributed by atoms with E-state index in [0.717, 1.165) is 10.4 Å². The van der Waals surface area contributed by atoms with Crippen LogP contribution >= 0.6 is 11.3 Å². The molecular weight excluding hydrogens is 224 g/mol. The van der Waals surface area contributed by atoms with Crippen molar-refractivity contribution in [2.75, 3.05) is 0 Å². The topological polar surface area (TPSA) is 58.9 Å². The Kier molecular flexibility index (Phi) is 1.94. The number of H-pyrrole nitrogens is 1. The van der Waals surface area contributed by atoms with Crippen LogP contribution in [0.25, 0.3) is 21.5 Å². The van der Waals surface area contributed by atoms with Crippen molar-refractivity contribution >= 4 is 21.6 Å². The second-order valence-electron chi connectivity index (χ2n) is 3.46. The number of hydrogen-bond donors (Lipinski definition) is 1. The van der Waals surface area contributed by atoms with Crippen molar-refractivity contribution in [2.45, 2.75) is 6.92 Å². The van der Waals surface area contributed by atoms with Gasteiger partial charge >= 0.3 is 0 Å². The van der Waals surface area contributed by atoms with E-state index < -0.39 is 0 Å². The molecule has 0 fully saturated rings. The van der Waals surface area contributed by atoms with Gasteiger partial charge < -0.3 is 9.40 Å². The summed E-state index contributed by atoms with van der Waals surface area (Å²) in [5, 5.41) is 2.50. The van der Waals surface area contributed by atoms with E-state index in [9.17, 15) is 4.79 Å². The third-order valence-electron chi connectivity index (χ3n) is 2.35. The number of nitrogens with zero attached hydrogens (tertiary/aromatic N) is 1. The van der Waals surface area contributed by atoms with Crippen LogP contribution < -0.4 is 5.56 Å². The van der Waals surface area contributed by atoms with Crippen LogP contribution in [-0.2, 0) is 0 Å². The van der Waals surface area contributed by atoms with Crippen molar-refractivity contribution in [3.05, 3.63) is 40.0 Å². The largest absolute Gasteiger partial charge is 0.464 e. The molecule has 0 aromatic carbocycles. The summed E-state index contributed by atoms with van der Waals surface area (Å²) in [6.45, 7) is 1.77. The molecule has 0 amide bonds. The van der Waals surface area contributed by atoms with E-state index in [1.54, 1.807) is 19.3 Å². The number of rotatable bonds is 1. The summed E-state index contributed by atoms with van der Waals surface area (Å²) in [6.07, 6.45) is 1.59. The molecule has 0 unspecified atom stereocenters. The number of furan rings is 1. The Labute approximate surface area is 94.6 Å². The number of aromatic amines is 1. The van der Waals surface area contributed by atoms with Crippen LogP contribution in [0.15, 0.2) is 33.0 Å². The Bertz CT molecular complexity index is 694.